The van der Waals surface area contributed by atoms with Gasteiger partial charge >= 0.3 is 5.97 Å². The Morgan fingerprint density at radius 1 is 1.63 bits per heavy atom. The van der Waals surface area contributed by atoms with Crippen molar-refractivity contribution in [2.75, 3.05) is 24.7 Å². The van der Waals surface area contributed by atoms with Crippen LogP contribution in [0.2, 0.25) is 0 Å². The number of nitrogens with zero attached hydrogens (tertiary/aromatic N) is 3. The van der Waals surface area contributed by atoms with Crippen LogP contribution < -0.4 is 11.1 Å². The van der Waals surface area contributed by atoms with Gasteiger partial charge in [0.1, 0.15) is 10.6 Å². The van der Waals surface area contributed by atoms with Gasteiger partial charge < -0.3 is 20.4 Å². The summed E-state index contributed by atoms with van der Waals surface area (Å²) < 4.78 is 10.6. The van der Waals surface area contributed by atoms with Crippen LogP contribution in [0, 0.1) is 0 Å². The third-order valence-electron chi connectivity index (χ3n) is 2.55. The maximum atomic E-state index is 11.5. The lowest BCUT2D eigenvalue weighted by Crippen LogP contribution is -2.10. The Bertz CT molecular complexity index is 537. The number of hydrogen-bond donors (Lipinski definition) is 2. The van der Waals surface area contributed by atoms with Crippen LogP contribution in [0.15, 0.2) is 18.7 Å². The van der Waals surface area contributed by atoms with Gasteiger partial charge in [-0.3, -0.25) is 0 Å². The lowest BCUT2D eigenvalue weighted by atomic mass is 10.3. The molecule has 0 unspecified atom stereocenters. The number of aromatic nitrogens is 3. The molecule has 0 aromatic carbocycles. The summed E-state index contributed by atoms with van der Waals surface area (Å²) in [6.45, 7) is 1.57. The molecule has 0 aliphatic carbocycles. The van der Waals surface area contributed by atoms with E-state index in [-0.39, 0.29) is 5.82 Å². The Balaban J connectivity index is 1.87. The Hall–Kier alpha value is -2.09. The van der Waals surface area contributed by atoms with E-state index in [1.807, 2.05) is 10.8 Å². The van der Waals surface area contributed by atoms with Gasteiger partial charge in [0.05, 0.1) is 13.4 Å². The molecule has 0 amide bonds. The number of nitrogens with one attached hydrogen (secondary N) is 1. The highest BCUT2D eigenvalue weighted by molar-refractivity contribution is 7.11. The standard InChI is InChI=1S/C11H15N5O2S/c1-18-11(17)8-9(12)15-19-10(8)14-3-2-5-16-6-4-13-7-16/h4,6-7,14H,2-3,5H2,1H3,(H2,12,15). The van der Waals surface area contributed by atoms with Crippen molar-refractivity contribution in [2.45, 2.75) is 13.0 Å². The molecule has 0 saturated heterocycles. The zero-order valence-electron chi connectivity index (χ0n) is 10.5. The first-order valence-corrected chi connectivity index (χ1v) is 6.52. The fourth-order valence-corrected chi connectivity index (χ4v) is 2.33. The molecule has 7 nitrogen and oxygen atoms in total. The zero-order chi connectivity index (χ0) is 13.7. The first-order chi connectivity index (χ1) is 9.22. The van der Waals surface area contributed by atoms with Crippen molar-refractivity contribution >= 4 is 28.3 Å². The van der Waals surface area contributed by atoms with E-state index < -0.39 is 5.97 Å². The molecular formula is C11H15N5O2S. The monoisotopic (exact) mass is 281 g/mol. The third-order valence-corrected chi connectivity index (χ3v) is 3.36. The molecule has 0 saturated carbocycles. The maximum Gasteiger partial charge on any atom is 0.344 e. The van der Waals surface area contributed by atoms with Crippen molar-refractivity contribution in [3.63, 3.8) is 0 Å². The van der Waals surface area contributed by atoms with Crippen LogP contribution in [-0.2, 0) is 11.3 Å². The number of nitrogen functional groups attached to an aromatic ring is 1. The molecule has 0 radical (unpaired) electrons. The van der Waals surface area contributed by atoms with Gasteiger partial charge in [0.15, 0.2) is 5.82 Å². The highest BCUT2D eigenvalue weighted by Crippen LogP contribution is 2.27. The quantitative estimate of drug-likeness (QED) is 0.610. The predicted octanol–water partition coefficient (Wildman–Crippen LogP) is 1.21. The molecule has 0 bridgehead atoms. The summed E-state index contributed by atoms with van der Waals surface area (Å²) in [5.74, 6) is -0.266. The van der Waals surface area contributed by atoms with Crippen LogP contribution in [0.1, 0.15) is 16.8 Å². The van der Waals surface area contributed by atoms with Crippen LogP contribution in [0.25, 0.3) is 0 Å². The molecule has 0 atom stereocenters. The average molecular weight is 281 g/mol. The van der Waals surface area contributed by atoms with Crippen molar-refractivity contribution in [3.05, 3.63) is 24.3 Å². The van der Waals surface area contributed by atoms with Gasteiger partial charge in [-0.1, -0.05) is 0 Å². The molecular weight excluding hydrogens is 266 g/mol. The number of aryl methyl sites for hydroxylation is 1. The van der Waals surface area contributed by atoms with Crippen molar-refractivity contribution in [1.82, 2.24) is 13.9 Å². The Labute approximate surface area is 114 Å². The summed E-state index contributed by atoms with van der Waals surface area (Å²) in [5.41, 5.74) is 5.96. The van der Waals surface area contributed by atoms with Crippen LogP contribution >= 0.6 is 11.5 Å². The molecule has 2 rings (SSSR count). The van der Waals surface area contributed by atoms with E-state index in [0.717, 1.165) is 24.5 Å². The molecule has 19 heavy (non-hydrogen) atoms. The number of nitrogens with two attached hydrogens (primary N) is 1. The minimum Gasteiger partial charge on any atom is -0.465 e. The van der Waals surface area contributed by atoms with E-state index in [1.54, 1.807) is 12.5 Å². The van der Waals surface area contributed by atoms with Crippen LogP contribution in [0.5, 0.6) is 0 Å². The maximum absolute atomic E-state index is 11.5. The molecule has 0 aliphatic rings. The summed E-state index contributed by atoms with van der Waals surface area (Å²) in [6.07, 6.45) is 6.32. The number of carbonyl (C=O) groups is 1. The van der Waals surface area contributed by atoms with Gasteiger partial charge in [-0.25, -0.2) is 9.78 Å². The Morgan fingerprint density at radius 2 is 2.47 bits per heavy atom. The fraction of sp³-hybridized carbons (Fsp3) is 0.364. The number of ether oxygens (including phenoxy) is 1. The minimum atomic E-state index is -0.469. The average Bonchev–Trinajstić information content (AvgIpc) is 3.04. The van der Waals surface area contributed by atoms with Gasteiger partial charge in [-0.15, -0.1) is 0 Å². The Morgan fingerprint density at radius 3 is 3.16 bits per heavy atom. The number of carbonyl (C=O) groups excluding carboxylic acids is 1. The highest BCUT2D eigenvalue weighted by atomic mass is 32.1. The van der Waals surface area contributed by atoms with Crippen molar-refractivity contribution < 1.29 is 9.53 Å². The number of anilines is 2. The van der Waals surface area contributed by atoms with Crippen molar-refractivity contribution in [1.29, 1.82) is 0 Å². The summed E-state index contributed by atoms with van der Waals surface area (Å²) in [6, 6.07) is 0. The predicted molar refractivity (Wildman–Crippen MR) is 73.2 cm³/mol. The second kappa shape index (κ2) is 6.19. The fourth-order valence-electron chi connectivity index (χ4n) is 1.60. The van der Waals surface area contributed by atoms with E-state index in [0.29, 0.717) is 17.1 Å². The molecule has 0 aliphatic heterocycles. The summed E-state index contributed by atoms with van der Waals surface area (Å²) in [5, 5.41) is 3.80. The molecule has 0 fully saturated rings. The Kier molecular flexibility index (Phi) is 4.35. The first-order valence-electron chi connectivity index (χ1n) is 5.75. The molecule has 8 heteroatoms. The van der Waals surface area contributed by atoms with Crippen molar-refractivity contribution in [3.8, 4) is 0 Å². The van der Waals surface area contributed by atoms with E-state index in [2.05, 4.69) is 19.4 Å². The summed E-state index contributed by atoms with van der Waals surface area (Å²) in [7, 11) is 1.32. The number of esters is 1. The lowest BCUT2D eigenvalue weighted by molar-refractivity contribution is 0.0603. The van der Waals surface area contributed by atoms with Gasteiger partial charge in [-0.2, -0.15) is 4.37 Å². The number of rotatable bonds is 6. The van der Waals surface area contributed by atoms with Gasteiger partial charge in [0.2, 0.25) is 0 Å². The summed E-state index contributed by atoms with van der Waals surface area (Å²) in [4.78, 5) is 15.5. The van der Waals surface area contributed by atoms with Gasteiger partial charge in [-0.05, 0) is 18.0 Å². The van der Waals surface area contributed by atoms with Gasteiger partial charge in [0.25, 0.3) is 0 Å². The van der Waals surface area contributed by atoms with Crippen LogP contribution in [0.4, 0.5) is 10.8 Å². The molecule has 3 N–H and O–H groups in total. The second-order valence-electron chi connectivity index (χ2n) is 3.84. The zero-order valence-corrected chi connectivity index (χ0v) is 11.3. The van der Waals surface area contributed by atoms with Crippen molar-refractivity contribution in [2.24, 2.45) is 0 Å². The third kappa shape index (κ3) is 3.22. The molecule has 2 aromatic rings. The summed E-state index contributed by atoms with van der Waals surface area (Å²) >= 11 is 1.16. The largest absolute Gasteiger partial charge is 0.465 e. The number of methoxy groups -OCH3 is 1. The van der Waals surface area contributed by atoms with E-state index >= 15 is 0 Å². The first kappa shape index (κ1) is 13.3. The SMILES string of the molecule is COC(=O)c1c(N)nsc1NCCCn1ccnc1. The smallest absolute Gasteiger partial charge is 0.344 e. The number of hydrogen-bond acceptors (Lipinski definition) is 7. The lowest BCUT2D eigenvalue weighted by Gasteiger charge is -2.06. The molecule has 2 aromatic heterocycles. The minimum absolute atomic E-state index is 0.203. The molecule has 0 spiro atoms. The molecule has 2 heterocycles. The van der Waals surface area contributed by atoms with Crippen LogP contribution in [0.3, 0.4) is 0 Å². The van der Waals surface area contributed by atoms with E-state index in [9.17, 15) is 4.79 Å². The van der Waals surface area contributed by atoms with Gasteiger partial charge in [0, 0.05) is 25.5 Å². The highest BCUT2D eigenvalue weighted by Gasteiger charge is 2.19. The second-order valence-corrected chi connectivity index (χ2v) is 4.62. The number of imidazole rings is 1. The normalized spacial score (nSPS) is 10.4. The van der Waals surface area contributed by atoms with E-state index in [4.69, 9.17) is 5.73 Å². The topological polar surface area (TPSA) is 95.1 Å². The van der Waals surface area contributed by atoms with Crippen LogP contribution in [-0.4, -0.2) is 33.5 Å². The van der Waals surface area contributed by atoms with E-state index in [1.165, 1.54) is 7.11 Å². The molecule has 102 valence electrons.